The summed E-state index contributed by atoms with van der Waals surface area (Å²) in [6.07, 6.45) is 1.12. The van der Waals surface area contributed by atoms with Gasteiger partial charge in [0.25, 0.3) is 5.91 Å². The van der Waals surface area contributed by atoms with E-state index in [2.05, 4.69) is 25.8 Å². The van der Waals surface area contributed by atoms with E-state index < -0.39 is 11.5 Å². The molecule has 12 heteroatoms. The number of amides is 2. The van der Waals surface area contributed by atoms with Gasteiger partial charge in [-0.15, -0.1) is 22.7 Å². The predicted molar refractivity (Wildman–Crippen MR) is 143 cm³/mol. The number of thiazole rings is 1. The number of carbonyl (C=O) groups is 3. The van der Waals surface area contributed by atoms with E-state index in [4.69, 9.17) is 5.73 Å². The summed E-state index contributed by atoms with van der Waals surface area (Å²) < 4.78 is 0. The number of carbonyl (C=O) groups excluding carboxylic acids is 2. The minimum Gasteiger partial charge on any atom is -0.477 e. The number of hydrogen-bond acceptors (Lipinski definition) is 9. The van der Waals surface area contributed by atoms with E-state index in [9.17, 15) is 19.5 Å². The van der Waals surface area contributed by atoms with Crippen molar-refractivity contribution in [2.24, 2.45) is 5.73 Å². The third-order valence-corrected chi connectivity index (χ3v) is 7.64. The van der Waals surface area contributed by atoms with Gasteiger partial charge in [-0.2, -0.15) is 0 Å². The van der Waals surface area contributed by atoms with Gasteiger partial charge >= 0.3 is 5.97 Å². The molecule has 4 rings (SSSR count). The number of piperidine rings is 1. The van der Waals surface area contributed by atoms with Crippen LogP contribution in [0.5, 0.6) is 0 Å². The minimum absolute atomic E-state index is 0.128. The van der Waals surface area contributed by atoms with Crippen LogP contribution in [0.3, 0.4) is 0 Å². The quantitative estimate of drug-likeness (QED) is 0.282. The molecule has 2 amide bonds. The number of thiophene rings is 1. The number of hydrogen-bond donors (Lipinski definition) is 5. The lowest BCUT2D eigenvalue weighted by Gasteiger charge is -2.42. The van der Waals surface area contributed by atoms with Crippen molar-refractivity contribution < 1.29 is 19.5 Å². The highest BCUT2D eigenvalue weighted by Crippen LogP contribution is 2.33. The number of nitrogens with one attached hydrogen (secondary N) is 3. The monoisotopic (exact) mass is 528 g/mol. The molecule has 10 nitrogen and oxygen atoms in total. The molecule has 1 aromatic carbocycles. The van der Waals surface area contributed by atoms with Crippen LogP contribution < -0.4 is 26.6 Å². The summed E-state index contributed by atoms with van der Waals surface area (Å²) in [4.78, 5) is 43.2. The second-order valence-electron chi connectivity index (χ2n) is 8.84. The molecule has 36 heavy (non-hydrogen) atoms. The van der Waals surface area contributed by atoms with E-state index in [-0.39, 0.29) is 28.4 Å². The molecule has 3 aromatic rings. The maximum Gasteiger partial charge on any atom is 0.348 e. The largest absolute Gasteiger partial charge is 0.477 e. The summed E-state index contributed by atoms with van der Waals surface area (Å²) in [5.74, 6) is -1.74. The molecule has 1 saturated heterocycles. The first-order valence-electron chi connectivity index (χ1n) is 11.4. The van der Waals surface area contributed by atoms with Gasteiger partial charge < -0.3 is 31.7 Å². The molecule has 0 spiro atoms. The van der Waals surface area contributed by atoms with Gasteiger partial charge in [0, 0.05) is 24.5 Å². The Hall–Kier alpha value is -3.48. The number of benzene rings is 1. The van der Waals surface area contributed by atoms with Gasteiger partial charge in [0.15, 0.2) is 5.13 Å². The van der Waals surface area contributed by atoms with Gasteiger partial charge in [0.2, 0.25) is 5.91 Å². The van der Waals surface area contributed by atoms with Crippen molar-refractivity contribution in [1.29, 1.82) is 0 Å². The summed E-state index contributed by atoms with van der Waals surface area (Å²) in [5, 5.41) is 22.2. The molecule has 0 bridgehead atoms. The van der Waals surface area contributed by atoms with E-state index in [1.807, 2.05) is 38.1 Å². The Balaban J connectivity index is 1.45. The van der Waals surface area contributed by atoms with Crippen molar-refractivity contribution in [3.05, 3.63) is 51.7 Å². The number of carboxylic acid groups (broad SMARTS) is 1. The van der Waals surface area contributed by atoms with Crippen LogP contribution in [0.15, 0.2) is 41.1 Å². The fraction of sp³-hybridized carbons (Fsp3) is 0.333. The van der Waals surface area contributed by atoms with E-state index in [0.717, 1.165) is 17.0 Å². The number of primary amides is 1. The fourth-order valence-corrected chi connectivity index (χ4v) is 5.70. The SMILES string of the molecule is CC(C)NC1(C(N)=O)CCN(c2ccccc2NC(=O)c2csc(Nc3ccsc3C(=O)O)n2)CC1. The average Bonchev–Trinajstić information content (AvgIpc) is 3.50. The highest BCUT2D eigenvalue weighted by molar-refractivity contribution is 7.14. The molecule has 0 saturated carbocycles. The van der Waals surface area contributed by atoms with Crippen LogP contribution >= 0.6 is 22.7 Å². The lowest BCUT2D eigenvalue weighted by Crippen LogP contribution is -2.62. The van der Waals surface area contributed by atoms with Gasteiger partial charge in [0.1, 0.15) is 16.1 Å². The van der Waals surface area contributed by atoms with Crippen LogP contribution in [-0.4, -0.2) is 52.5 Å². The summed E-state index contributed by atoms with van der Waals surface area (Å²) in [6.45, 7) is 5.19. The number of para-hydroxylation sites is 2. The molecular formula is C24H28N6O4S2. The van der Waals surface area contributed by atoms with Crippen LogP contribution in [0.25, 0.3) is 0 Å². The molecular weight excluding hydrogens is 500 g/mol. The van der Waals surface area contributed by atoms with Crippen LogP contribution in [0.4, 0.5) is 22.2 Å². The molecule has 2 aromatic heterocycles. The number of aromatic carboxylic acids is 1. The summed E-state index contributed by atoms with van der Waals surface area (Å²) >= 11 is 2.33. The predicted octanol–water partition coefficient (Wildman–Crippen LogP) is 3.72. The molecule has 0 unspecified atom stereocenters. The lowest BCUT2D eigenvalue weighted by molar-refractivity contribution is -0.125. The standard InChI is InChI=1S/C24H28N6O4S2/c1-14(2)29-24(22(25)34)8-10-30(11-9-24)18-6-4-3-5-15(18)26-20(31)17-13-36-23(28-17)27-16-7-12-35-19(16)21(32)33/h3-7,12-14,29H,8-11H2,1-2H3,(H2,25,34)(H,26,31)(H,27,28)(H,32,33). The molecule has 0 radical (unpaired) electrons. The van der Waals surface area contributed by atoms with Gasteiger partial charge in [-0.3, -0.25) is 9.59 Å². The number of nitrogens with zero attached hydrogens (tertiary/aromatic N) is 2. The van der Waals surface area contributed by atoms with Crippen molar-refractivity contribution in [1.82, 2.24) is 10.3 Å². The topological polar surface area (TPSA) is 150 Å². The highest BCUT2D eigenvalue weighted by atomic mass is 32.1. The van der Waals surface area contributed by atoms with E-state index in [0.29, 0.717) is 42.4 Å². The van der Waals surface area contributed by atoms with Crippen molar-refractivity contribution in [3.63, 3.8) is 0 Å². The maximum absolute atomic E-state index is 13.0. The summed E-state index contributed by atoms with van der Waals surface area (Å²) in [6, 6.07) is 9.29. The fourth-order valence-electron chi connectivity index (χ4n) is 4.31. The number of carboxylic acids is 1. The van der Waals surface area contributed by atoms with Gasteiger partial charge in [0.05, 0.1) is 17.1 Å². The van der Waals surface area contributed by atoms with Crippen LogP contribution in [0.1, 0.15) is 46.8 Å². The van der Waals surface area contributed by atoms with Crippen molar-refractivity contribution >= 4 is 62.7 Å². The summed E-state index contributed by atoms with van der Waals surface area (Å²) in [7, 11) is 0. The first kappa shape index (κ1) is 25.6. The highest BCUT2D eigenvalue weighted by Gasteiger charge is 2.40. The molecule has 0 aliphatic carbocycles. The molecule has 1 aliphatic heterocycles. The first-order valence-corrected chi connectivity index (χ1v) is 13.2. The second kappa shape index (κ2) is 10.6. The zero-order valence-electron chi connectivity index (χ0n) is 19.9. The average molecular weight is 529 g/mol. The maximum atomic E-state index is 13.0. The van der Waals surface area contributed by atoms with Gasteiger partial charge in [-0.25, -0.2) is 9.78 Å². The van der Waals surface area contributed by atoms with Crippen molar-refractivity contribution in [2.45, 2.75) is 38.3 Å². The second-order valence-corrected chi connectivity index (χ2v) is 10.6. The zero-order chi connectivity index (χ0) is 25.9. The van der Waals surface area contributed by atoms with Crippen LogP contribution in [-0.2, 0) is 4.79 Å². The van der Waals surface area contributed by atoms with E-state index in [1.54, 1.807) is 16.8 Å². The zero-order valence-corrected chi connectivity index (χ0v) is 21.5. The Morgan fingerprint density at radius 2 is 1.83 bits per heavy atom. The Morgan fingerprint density at radius 1 is 1.11 bits per heavy atom. The molecule has 6 N–H and O–H groups in total. The van der Waals surface area contributed by atoms with Crippen LogP contribution in [0, 0.1) is 0 Å². The molecule has 190 valence electrons. The van der Waals surface area contributed by atoms with E-state index in [1.165, 1.54) is 11.3 Å². The van der Waals surface area contributed by atoms with Gasteiger partial charge in [-0.1, -0.05) is 12.1 Å². The Kier molecular flexibility index (Phi) is 7.57. The Morgan fingerprint density at radius 3 is 2.50 bits per heavy atom. The third-order valence-electron chi connectivity index (χ3n) is 5.98. The summed E-state index contributed by atoms with van der Waals surface area (Å²) in [5.41, 5.74) is 7.15. The molecule has 0 atom stereocenters. The minimum atomic E-state index is -1.02. The van der Waals surface area contributed by atoms with E-state index >= 15 is 0 Å². The van der Waals surface area contributed by atoms with Gasteiger partial charge in [-0.05, 0) is 50.3 Å². The smallest absolute Gasteiger partial charge is 0.348 e. The molecule has 1 fully saturated rings. The normalized spacial score (nSPS) is 15.0. The lowest BCUT2D eigenvalue weighted by atomic mass is 9.85. The molecule has 1 aliphatic rings. The number of rotatable bonds is 9. The number of aromatic nitrogens is 1. The molecule has 3 heterocycles. The van der Waals surface area contributed by atoms with Crippen molar-refractivity contribution in [2.75, 3.05) is 28.6 Å². The van der Waals surface area contributed by atoms with Crippen molar-refractivity contribution in [3.8, 4) is 0 Å². The van der Waals surface area contributed by atoms with Crippen LogP contribution in [0.2, 0.25) is 0 Å². The third kappa shape index (κ3) is 5.50. The Labute approximate surface area is 216 Å². The number of nitrogens with two attached hydrogens (primary N) is 1. The Bertz CT molecular complexity index is 1260. The number of anilines is 4. The first-order chi connectivity index (χ1) is 17.2.